The van der Waals surface area contributed by atoms with Crippen LogP contribution >= 0.6 is 0 Å². The molecule has 96 valence electrons. The van der Waals surface area contributed by atoms with Gasteiger partial charge in [0.1, 0.15) is 5.75 Å². The summed E-state index contributed by atoms with van der Waals surface area (Å²) in [4.78, 5) is 0. The molecular weight excluding hydrogens is 208 g/mol. The summed E-state index contributed by atoms with van der Waals surface area (Å²) in [6.07, 6.45) is 8.09. The molecule has 1 heteroatoms. The van der Waals surface area contributed by atoms with Crippen molar-refractivity contribution < 1.29 is 4.74 Å². The minimum absolute atomic E-state index is 0.844. The third kappa shape index (κ3) is 9.51. The Hall–Kier alpha value is -1.42. The Morgan fingerprint density at radius 1 is 1.18 bits per heavy atom. The quantitative estimate of drug-likeness (QED) is 0.542. The summed E-state index contributed by atoms with van der Waals surface area (Å²) < 4.78 is 5.12. The van der Waals surface area contributed by atoms with Crippen LogP contribution < -0.4 is 4.74 Å². The largest absolute Gasteiger partial charge is 0.497 e. The number of ether oxygens (including phenoxy) is 1. The van der Waals surface area contributed by atoms with E-state index in [9.17, 15) is 0 Å². The fraction of sp³-hybridized carbons (Fsp3) is 0.500. The van der Waals surface area contributed by atoms with Crippen molar-refractivity contribution in [1.29, 1.82) is 0 Å². The van der Waals surface area contributed by atoms with E-state index in [1.807, 2.05) is 39.8 Å². The second-order valence-electron chi connectivity index (χ2n) is 2.91. The van der Waals surface area contributed by atoms with Crippen LogP contribution in [-0.2, 0) is 6.42 Å². The molecule has 0 bridgehead atoms. The van der Waals surface area contributed by atoms with E-state index >= 15 is 0 Å². The number of hydrogen-bond donors (Lipinski definition) is 0. The van der Waals surface area contributed by atoms with Crippen molar-refractivity contribution in [1.82, 2.24) is 0 Å². The van der Waals surface area contributed by atoms with Gasteiger partial charge in [0.05, 0.1) is 7.11 Å². The predicted octanol–water partition coefficient (Wildman–Crippen LogP) is 4.70. The molecule has 0 aliphatic heterocycles. The fourth-order valence-corrected chi connectivity index (χ4v) is 1.22. The molecular formula is C16H26O. The van der Waals surface area contributed by atoms with E-state index in [0.29, 0.717) is 0 Å². The summed E-state index contributed by atoms with van der Waals surface area (Å²) in [5.41, 5.74) is 1.29. The number of hydrogen-bond acceptors (Lipinski definition) is 1. The lowest BCUT2D eigenvalue weighted by Crippen LogP contribution is -1.87. The molecule has 0 heterocycles. The van der Waals surface area contributed by atoms with Crippen LogP contribution in [0.4, 0.5) is 0 Å². The number of terminal acetylenes is 1. The van der Waals surface area contributed by atoms with Crippen LogP contribution in [0.3, 0.4) is 0 Å². The molecule has 0 spiro atoms. The van der Waals surface area contributed by atoms with Crippen molar-refractivity contribution in [2.24, 2.45) is 0 Å². The average molecular weight is 234 g/mol. The van der Waals surface area contributed by atoms with Crippen molar-refractivity contribution in [2.45, 2.75) is 47.0 Å². The lowest BCUT2D eigenvalue weighted by Gasteiger charge is -2.02. The Balaban J connectivity index is 0. The first-order chi connectivity index (χ1) is 8.36. The second-order valence-corrected chi connectivity index (χ2v) is 2.91. The van der Waals surface area contributed by atoms with E-state index in [-0.39, 0.29) is 0 Å². The van der Waals surface area contributed by atoms with Gasteiger partial charge in [-0.2, -0.15) is 0 Å². The molecule has 1 aromatic rings. The molecule has 1 nitrogen and oxygen atoms in total. The van der Waals surface area contributed by atoms with Gasteiger partial charge in [-0.15, -0.1) is 12.3 Å². The van der Waals surface area contributed by atoms with Crippen LogP contribution in [0.25, 0.3) is 0 Å². The first-order valence-corrected chi connectivity index (χ1v) is 6.43. The predicted molar refractivity (Wildman–Crippen MR) is 77.5 cm³/mol. The van der Waals surface area contributed by atoms with Crippen LogP contribution in [0.2, 0.25) is 0 Å². The Labute approximate surface area is 107 Å². The number of methoxy groups -OCH3 is 1. The minimum Gasteiger partial charge on any atom is -0.497 e. The molecule has 0 fully saturated rings. The topological polar surface area (TPSA) is 9.23 Å². The van der Waals surface area contributed by atoms with Gasteiger partial charge in [0.25, 0.3) is 0 Å². The summed E-state index contributed by atoms with van der Waals surface area (Å²) >= 11 is 0. The van der Waals surface area contributed by atoms with Gasteiger partial charge in [-0.05, 0) is 30.5 Å². The van der Waals surface area contributed by atoms with E-state index < -0.39 is 0 Å². The molecule has 0 aliphatic rings. The summed E-state index contributed by atoms with van der Waals surface area (Å²) in [7, 11) is 1.68. The van der Waals surface area contributed by atoms with Crippen molar-refractivity contribution in [3.05, 3.63) is 29.8 Å². The third-order valence-corrected chi connectivity index (χ3v) is 1.92. The monoisotopic (exact) mass is 234 g/mol. The first kappa shape index (κ1) is 18.0. The maximum Gasteiger partial charge on any atom is 0.119 e. The number of unbranched alkanes of at least 4 members (excludes halogenated alkanes) is 1. The van der Waals surface area contributed by atoms with E-state index in [1.54, 1.807) is 7.11 Å². The molecule has 0 saturated heterocycles. The van der Waals surface area contributed by atoms with Gasteiger partial charge < -0.3 is 4.74 Å². The molecule has 0 saturated carbocycles. The van der Waals surface area contributed by atoms with Gasteiger partial charge in [0.15, 0.2) is 0 Å². The van der Waals surface area contributed by atoms with Crippen LogP contribution in [0.1, 0.15) is 46.1 Å². The molecule has 0 aliphatic carbocycles. The summed E-state index contributed by atoms with van der Waals surface area (Å²) in [6.45, 7) is 8.00. The van der Waals surface area contributed by atoms with Crippen molar-refractivity contribution in [3.8, 4) is 18.1 Å². The Bertz CT molecular complexity index is 297. The zero-order valence-electron chi connectivity index (χ0n) is 11.9. The molecule has 1 aromatic carbocycles. The van der Waals surface area contributed by atoms with E-state index in [4.69, 9.17) is 11.2 Å². The summed E-state index contributed by atoms with van der Waals surface area (Å²) in [5, 5.41) is 0. The molecule has 0 radical (unpaired) electrons. The highest BCUT2D eigenvalue weighted by molar-refractivity contribution is 5.28. The van der Waals surface area contributed by atoms with Gasteiger partial charge in [-0.1, -0.05) is 39.8 Å². The van der Waals surface area contributed by atoms with Crippen LogP contribution in [0, 0.1) is 12.3 Å². The third-order valence-electron chi connectivity index (χ3n) is 1.92. The van der Waals surface area contributed by atoms with E-state index in [2.05, 4.69) is 18.1 Å². The average Bonchev–Trinajstić information content (AvgIpc) is 2.44. The summed E-state index contributed by atoms with van der Waals surface area (Å²) in [5.74, 6) is 3.55. The summed E-state index contributed by atoms with van der Waals surface area (Å²) in [6, 6.07) is 8.10. The lowest BCUT2D eigenvalue weighted by molar-refractivity contribution is 0.414. The standard InChI is InChI=1S/C12H14O.2C2H6/c1-3-4-5-7-11-8-6-9-12(10-11)13-2;2*1-2/h1,6,8-10H,4-5,7H2,2H3;2*1-2H3. The van der Waals surface area contributed by atoms with Gasteiger partial charge in [0.2, 0.25) is 0 Å². The van der Waals surface area contributed by atoms with Crippen LogP contribution in [-0.4, -0.2) is 7.11 Å². The van der Waals surface area contributed by atoms with Crippen LogP contribution in [0.5, 0.6) is 5.75 Å². The highest BCUT2D eigenvalue weighted by Gasteiger charge is 1.94. The van der Waals surface area contributed by atoms with Crippen molar-refractivity contribution in [3.63, 3.8) is 0 Å². The van der Waals surface area contributed by atoms with Gasteiger partial charge in [-0.25, -0.2) is 0 Å². The maximum absolute atomic E-state index is 5.17. The van der Waals surface area contributed by atoms with Gasteiger partial charge in [-0.3, -0.25) is 0 Å². The number of benzene rings is 1. The molecule has 0 unspecified atom stereocenters. The molecule has 0 N–H and O–H groups in total. The molecule has 0 aromatic heterocycles. The smallest absolute Gasteiger partial charge is 0.119 e. The van der Waals surface area contributed by atoms with E-state index in [0.717, 1.165) is 25.0 Å². The molecule has 0 amide bonds. The number of aryl methyl sites for hydroxylation is 1. The first-order valence-electron chi connectivity index (χ1n) is 6.43. The zero-order valence-corrected chi connectivity index (χ0v) is 11.9. The van der Waals surface area contributed by atoms with Gasteiger partial charge in [0, 0.05) is 6.42 Å². The molecule has 1 rings (SSSR count). The molecule has 0 atom stereocenters. The SMILES string of the molecule is C#CCCCc1cccc(OC)c1.CC.CC. The number of rotatable bonds is 4. The molecule has 17 heavy (non-hydrogen) atoms. The lowest BCUT2D eigenvalue weighted by atomic mass is 10.1. The second kappa shape index (κ2) is 14.6. The Kier molecular flexibility index (Phi) is 15.4. The Morgan fingerprint density at radius 2 is 1.82 bits per heavy atom. The highest BCUT2D eigenvalue weighted by Crippen LogP contribution is 2.14. The maximum atomic E-state index is 5.17. The highest BCUT2D eigenvalue weighted by atomic mass is 16.5. The Morgan fingerprint density at radius 3 is 2.35 bits per heavy atom. The van der Waals surface area contributed by atoms with Crippen molar-refractivity contribution in [2.75, 3.05) is 7.11 Å². The van der Waals surface area contributed by atoms with Crippen LogP contribution in [0.15, 0.2) is 24.3 Å². The van der Waals surface area contributed by atoms with Crippen molar-refractivity contribution >= 4 is 0 Å². The zero-order chi connectivity index (χ0) is 13.5. The normalized spacial score (nSPS) is 7.76. The van der Waals surface area contributed by atoms with E-state index in [1.165, 1.54) is 5.56 Å². The minimum atomic E-state index is 0.844. The van der Waals surface area contributed by atoms with Gasteiger partial charge >= 0.3 is 0 Å². The fourth-order valence-electron chi connectivity index (χ4n) is 1.22.